The third-order valence-corrected chi connectivity index (χ3v) is 4.08. The Balaban J connectivity index is 1.91. The zero-order valence-electron chi connectivity index (χ0n) is 14.7. The lowest BCUT2D eigenvalue weighted by molar-refractivity contribution is -0.395. The van der Waals surface area contributed by atoms with Crippen molar-refractivity contribution in [3.8, 4) is 17.1 Å². The summed E-state index contributed by atoms with van der Waals surface area (Å²) in [6.45, 7) is 0. The van der Waals surface area contributed by atoms with Crippen LogP contribution in [0.2, 0.25) is 5.02 Å². The molecule has 0 unspecified atom stereocenters. The van der Waals surface area contributed by atoms with E-state index in [0.29, 0.717) is 16.3 Å². The van der Waals surface area contributed by atoms with Gasteiger partial charge in [-0.2, -0.15) is 0 Å². The Bertz CT molecular complexity index is 1090. The Hall–Kier alpha value is -3.92. The number of rotatable bonds is 6. The second-order valence-electron chi connectivity index (χ2n) is 5.69. The Kier molecular flexibility index (Phi) is 5.46. The minimum Gasteiger partial charge on any atom is -0.485 e. The monoisotopic (exact) mass is 417 g/mol. The minimum absolute atomic E-state index is 0.0962. The van der Waals surface area contributed by atoms with Crippen molar-refractivity contribution in [3.05, 3.63) is 79.5 Å². The highest BCUT2D eigenvalue weighted by atomic mass is 35.5. The van der Waals surface area contributed by atoms with E-state index in [-0.39, 0.29) is 11.4 Å². The summed E-state index contributed by atoms with van der Waals surface area (Å²) >= 11 is 5.94. The quantitative estimate of drug-likeness (QED) is 0.454. The van der Waals surface area contributed by atoms with Crippen LogP contribution in [0, 0.1) is 20.2 Å². The summed E-state index contributed by atoms with van der Waals surface area (Å²) in [6, 6.07) is 11.7. The number of methoxy groups -OCH3 is 1. The van der Waals surface area contributed by atoms with Crippen LogP contribution in [0.1, 0.15) is 10.6 Å². The van der Waals surface area contributed by atoms with Crippen LogP contribution < -0.4 is 10.1 Å². The Morgan fingerprint density at radius 1 is 1.07 bits per heavy atom. The molecule has 1 amide bonds. The van der Waals surface area contributed by atoms with Crippen molar-refractivity contribution in [1.29, 1.82) is 0 Å². The van der Waals surface area contributed by atoms with Crippen molar-refractivity contribution in [2.24, 2.45) is 0 Å². The molecule has 3 aromatic rings. The summed E-state index contributed by atoms with van der Waals surface area (Å²) in [5.74, 6) is -0.975. The van der Waals surface area contributed by atoms with Gasteiger partial charge in [0, 0.05) is 22.7 Å². The number of halogens is 1. The van der Waals surface area contributed by atoms with Gasteiger partial charge < -0.3 is 14.5 Å². The third kappa shape index (κ3) is 4.17. The van der Waals surface area contributed by atoms with Gasteiger partial charge >= 0.3 is 11.4 Å². The van der Waals surface area contributed by atoms with Gasteiger partial charge in [0.2, 0.25) is 0 Å². The standard InChI is InChI=1S/C18H12ClN3O7/c1-28-17-13(21(24)25)8-12(9-14(17)22(26)27)20-18(23)16-6-5-15(29-16)10-3-2-4-11(19)7-10/h2-9H,1H3,(H,20,23). The van der Waals surface area contributed by atoms with E-state index in [1.54, 1.807) is 30.3 Å². The number of nitrogens with one attached hydrogen (secondary N) is 1. The van der Waals surface area contributed by atoms with E-state index in [2.05, 4.69) is 5.32 Å². The van der Waals surface area contributed by atoms with Gasteiger partial charge in [0.1, 0.15) is 5.76 Å². The number of hydrogen-bond acceptors (Lipinski definition) is 7. The first-order valence-corrected chi connectivity index (χ1v) is 8.36. The molecule has 148 valence electrons. The highest BCUT2D eigenvalue weighted by Gasteiger charge is 2.28. The number of benzene rings is 2. The second-order valence-corrected chi connectivity index (χ2v) is 6.13. The molecule has 0 bridgehead atoms. The lowest BCUT2D eigenvalue weighted by Crippen LogP contribution is -2.11. The second kappa shape index (κ2) is 7.98. The van der Waals surface area contributed by atoms with Gasteiger partial charge in [-0.25, -0.2) is 0 Å². The molecule has 29 heavy (non-hydrogen) atoms. The lowest BCUT2D eigenvalue weighted by atomic mass is 10.2. The predicted octanol–water partition coefficient (Wildman–Crippen LogP) is 4.68. The molecular weight excluding hydrogens is 406 g/mol. The van der Waals surface area contributed by atoms with Crippen molar-refractivity contribution >= 4 is 34.6 Å². The fourth-order valence-electron chi connectivity index (χ4n) is 2.60. The zero-order valence-corrected chi connectivity index (χ0v) is 15.5. The number of anilines is 1. The minimum atomic E-state index is -0.842. The fourth-order valence-corrected chi connectivity index (χ4v) is 2.79. The lowest BCUT2D eigenvalue weighted by Gasteiger charge is -2.07. The first-order chi connectivity index (χ1) is 13.8. The average Bonchev–Trinajstić information content (AvgIpc) is 3.17. The van der Waals surface area contributed by atoms with Gasteiger partial charge in [-0.3, -0.25) is 25.0 Å². The van der Waals surface area contributed by atoms with Gasteiger partial charge in [0.05, 0.1) is 22.6 Å². The van der Waals surface area contributed by atoms with Crippen LogP contribution >= 0.6 is 11.6 Å². The molecule has 0 saturated heterocycles. The van der Waals surface area contributed by atoms with Gasteiger partial charge in [0.25, 0.3) is 11.7 Å². The molecule has 11 heteroatoms. The molecule has 2 aromatic carbocycles. The molecule has 3 rings (SSSR count). The number of nitro benzene ring substituents is 2. The SMILES string of the molecule is COc1c([N+](=O)[O-])cc(NC(=O)c2ccc(-c3cccc(Cl)c3)o2)cc1[N+](=O)[O-]. The van der Waals surface area contributed by atoms with Crippen LogP contribution in [0.3, 0.4) is 0 Å². The van der Waals surface area contributed by atoms with E-state index in [9.17, 15) is 25.0 Å². The van der Waals surface area contributed by atoms with E-state index in [1.807, 2.05) is 0 Å². The number of carbonyl (C=O) groups excluding carboxylic acids is 1. The van der Waals surface area contributed by atoms with E-state index in [4.69, 9.17) is 20.8 Å². The summed E-state index contributed by atoms with van der Waals surface area (Å²) in [4.78, 5) is 33.2. The van der Waals surface area contributed by atoms with Crippen LogP contribution in [-0.4, -0.2) is 22.9 Å². The van der Waals surface area contributed by atoms with E-state index in [1.165, 1.54) is 6.07 Å². The molecule has 0 aliphatic rings. The first kappa shape index (κ1) is 19.8. The van der Waals surface area contributed by atoms with E-state index in [0.717, 1.165) is 19.2 Å². The number of carbonyl (C=O) groups is 1. The molecule has 10 nitrogen and oxygen atoms in total. The van der Waals surface area contributed by atoms with Gasteiger partial charge in [-0.15, -0.1) is 0 Å². The van der Waals surface area contributed by atoms with Crippen LogP contribution in [0.4, 0.5) is 17.1 Å². The number of furan rings is 1. The predicted molar refractivity (Wildman–Crippen MR) is 103 cm³/mol. The summed E-state index contributed by atoms with van der Waals surface area (Å²) in [5.41, 5.74) is -0.825. The van der Waals surface area contributed by atoms with Crippen molar-refractivity contribution in [2.45, 2.75) is 0 Å². The molecule has 1 heterocycles. The van der Waals surface area contributed by atoms with Crippen LogP contribution in [-0.2, 0) is 0 Å². The van der Waals surface area contributed by atoms with Crippen molar-refractivity contribution in [1.82, 2.24) is 0 Å². The number of amides is 1. The normalized spacial score (nSPS) is 10.4. The van der Waals surface area contributed by atoms with Crippen molar-refractivity contribution < 1.29 is 23.8 Å². The number of hydrogen-bond donors (Lipinski definition) is 1. The molecule has 0 aliphatic heterocycles. The highest BCUT2D eigenvalue weighted by molar-refractivity contribution is 6.30. The van der Waals surface area contributed by atoms with Crippen molar-refractivity contribution in [2.75, 3.05) is 12.4 Å². The highest BCUT2D eigenvalue weighted by Crippen LogP contribution is 2.39. The average molecular weight is 418 g/mol. The molecular formula is C18H12ClN3O7. The van der Waals surface area contributed by atoms with Gasteiger partial charge in [-0.1, -0.05) is 23.7 Å². The zero-order chi connectivity index (χ0) is 21.1. The largest absolute Gasteiger partial charge is 0.485 e. The topological polar surface area (TPSA) is 138 Å². The van der Waals surface area contributed by atoms with Crippen LogP contribution in [0.15, 0.2) is 52.9 Å². The molecule has 0 radical (unpaired) electrons. The van der Waals surface area contributed by atoms with Gasteiger partial charge in [0.15, 0.2) is 5.76 Å². The van der Waals surface area contributed by atoms with Crippen LogP contribution in [0.25, 0.3) is 11.3 Å². The molecule has 0 aliphatic carbocycles. The fraction of sp³-hybridized carbons (Fsp3) is 0.0556. The van der Waals surface area contributed by atoms with Crippen molar-refractivity contribution in [3.63, 3.8) is 0 Å². The van der Waals surface area contributed by atoms with E-state index >= 15 is 0 Å². The Morgan fingerprint density at radius 2 is 1.72 bits per heavy atom. The summed E-state index contributed by atoms with van der Waals surface area (Å²) in [5, 5.41) is 25.3. The summed E-state index contributed by atoms with van der Waals surface area (Å²) < 4.78 is 10.3. The Morgan fingerprint density at radius 3 is 2.28 bits per heavy atom. The maximum atomic E-state index is 12.4. The maximum Gasteiger partial charge on any atom is 0.320 e. The molecule has 1 aromatic heterocycles. The third-order valence-electron chi connectivity index (χ3n) is 3.84. The number of nitrogens with zero attached hydrogens (tertiary/aromatic N) is 2. The number of ether oxygens (including phenoxy) is 1. The summed E-state index contributed by atoms with van der Waals surface area (Å²) in [6.07, 6.45) is 0. The molecule has 0 atom stereocenters. The molecule has 0 fully saturated rings. The Labute approximate surface area is 168 Å². The summed E-state index contributed by atoms with van der Waals surface area (Å²) in [7, 11) is 1.08. The first-order valence-electron chi connectivity index (χ1n) is 7.98. The maximum absolute atomic E-state index is 12.4. The van der Waals surface area contributed by atoms with E-state index < -0.39 is 32.9 Å². The smallest absolute Gasteiger partial charge is 0.320 e. The molecule has 1 N–H and O–H groups in total. The number of nitro groups is 2. The molecule has 0 saturated carbocycles. The van der Waals surface area contributed by atoms with Gasteiger partial charge in [-0.05, 0) is 24.3 Å². The molecule has 0 spiro atoms. The van der Waals surface area contributed by atoms with Crippen LogP contribution in [0.5, 0.6) is 5.75 Å².